The van der Waals surface area contributed by atoms with Crippen LogP contribution in [0.4, 0.5) is 17.1 Å². The van der Waals surface area contributed by atoms with E-state index in [1.165, 1.54) is 0 Å². The molecule has 0 aromatic heterocycles. The van der Waals surface area contributed by atoms with Gasteiger partial charge in [0.25, 0.3) is 5.91 Å². The fourth-order valence-corrected chi connectivity index (χ4v) is 5.95. The van der Waals surface area contributed by atoms with Gasteiger partial charge in [-0.25, -0.2) is 0 Å². The van der Waals surface area contributed by atoms with Crippen LogP contribution in [0.3, 0.4) is 0 Å². The molecule has 3 aliphatic rings. The van der Waals surface area contributed by atoms with E-state index in [9.17, 15) is 9.59 Å². The fraction of sp³-hybridized carbons (Fsp3) is 0.241. The van der Waals surface area contributed by atoms with Crippen molar-refractivity contribution in [2.75, 3.05) is 10.2 Å². The third kappa shape index (κ3) is 2.64. The first-order valence-corrected chi connectivity index (χ1v) is 11.5. The number of nitrogens with zero attached hydrogens (tertiary/aromatic N) is 1. The highest BCUT2D eigenvalue weighted by Crippen LogP contribution is 2.59. The third-order valence-corrected chi connectivity index (χ3v) is 7.20. The molecule has 0 bridgehead atoms. The molecule has 1 unspecified atom stereocenters. The predicted molar refractivity (Wildman–Crippen MR) is 131 cm³/mol. The summed E-state index contributed by atoms with van der Waals surface area (Å²) in [6.07, 6.45) is 1.15. The first kappa shape index (κ1) is 20.0. The van der Waals surface area contributed by atoms with Gasteiger partial charge < -0.3 is 5.32 Å². The largest absolute Gasteiger partial charge is 0.358 e. The van der Waals surface area contributed by atoms with Crippen LogP contribution < -0.4 is 10.2 Å². The summed E-state index contributed by atoms with van der Waals surface area (Å²) in [5.74, 6) is -0.0252. The second-order valence-corrected chi connectivity index (χ2v) is 10.2. The third-order valence-electron chi connectivity index (χ3n) is 7.20. The summed E-state index contributed by atoms with van der Waals surface area (Å²) < 4.78 is 0. The fourth-order valence-electron chi connectivity index (χ4n) is 5.95. The number of hydrogen-bond acceptors (Lipinski definition) is 3. The summed E-state index contributed by atoms with van der Waals surface area (Å²) in [7, 11) is 0. The smallest absolute Gasteiger partial charge is 0.251 e. The minimum atomic E-state index is -1.15. The summed E-state index contributed by atoms with van der Waals surface area (Å²) in [5, 5.41) is 3.56. The standard InChI is InChI=1S/C29H26N2O2/c1-18-13-14-22-21(15-18)29(26-23(30-22)16-28(2,3)17-25(26)32)20-11-7-8-12-24(20)31(27(29)33)19-9-5-4-6-10-19/h4-15,30H,16-17H2,1-3H3. The van der Waals surface area contributed by atoms with E-state index < -0.39 is 5.41 Å². The number of ketones is 1. The highest BCUT2D eigenvalue weighted by Gasteiger charge is 2.60. The van der Waals surface area contributed by atoms with Crippen molar-refractivity contribution in [1.82, 2.24) is 0 Å². The Kier molecular flexibility index (Phi) is 4.04. The molecule has 0 fully saturated rings. The molecule has 0 saturated heterocycles. The van der Waals surface area contributed by atoms with Gasteiger partial charge in [0, 0.05) is 40.2 Å². The number of hydrogen-bond donors (Lipinski definition) is 1. The van der Waals surface area contributed by atoms with E-state index in [0.717, 1.165) is 45.9 Å². The van der Waals surface area contributed by atoms with Crippen LogP contribution in [0.2, 0.25) is 0 Å². The SMILES string of the molecule is Cc1ccc2c(c1)C1(C(=O)N(c3ccccc3)c3ccccc31)C1=C(CC(C)(C)CC1=O)N2. The molecule has 2 aliphatic heterocycles. The molecule has 4 heteroatoms. The zero-order chi connectivity index (χ0) is 23.0. The van der Waals surface area contributed by atoms with Crippen molar-refractivity contribution in [3.05, 3.63) is 101 Å². The Morgan fingerprint density at radius 3 is 2.36 bits per heavy atom. The maximum absolute atomic E-state index is 14.7. The molecule has 1 aliphatic carbocycles. The molecule has 3 aromatic carbocycles. The quantitative estimate of drug-likeness (QED) is 0.509. The first-order chi connectivity index (χ1) is 15.8. The van der Waals surface area contributed by atoms with Gasteiger partial charge in [-0.15, -0.1) is 0 Å². The van der Waals surface area contributed by atoms with Crippen LogP contribution in [-0.4, -0.2) is 11.7 Å². The van der Waals surface area contributed by atoms with Crippen molar-refractivity contribution in [2.24, 2.45) is 5.41 Å². The number of carbonyl (C=O) groups is 2. The lowest BCUT2D eigenvalue weighted by Gasteiger charge is -2.44. The lowest BCUT2D eigenvalue weighted by Crippen LogP contribution is -2.49. The van der Waals surface area contributed by atoms with Crippen molar-refractivity contribution in [1.29, 1.82) is 0 Å². The van der Waals surface area contributed by atoms with Crippen molar-refractivity contribution >= 4 is 28.8 Å². The van der Waals surface area contributed by atoms with Crippen molar-refractivity contribution in [2.45, 2.75) is 39.0 Å². The van der Waals surface area contributed by atoms with E-state index in [4.69, 9.17) is 0 Å². The van der Waals surface area contributed by atoms with E-state index in [-0.39, 0.29) is 17.1 Å². The molecule has 4 nitrogen and oxygen atoms in total. The lowest BCUT2D eigenvalue weighted by atomic mass is 9.60. The number of Topliss-reactive ketones (excluding diaryl/α,β-unsaturated/α-hetero) is 1. The molecule has 164 valence electrons. The Labute approximate surface area is 193 Å². The summed E-state index contributed by atoms with van der Waals surface area (Å²) in [4.78, 5) is 30.3. The molecule has 1 spiro atoms. The maximum atomic E-state index is 14.7. The second-order valence-electron chi connectivity index (χ2n) is 10.2. The topological polar surface area (TPSA) is 49.4 Å². The molecule has 33 heavy (non-hydrogen) atoms. The van der Waals surface area contributed by atoms with Gasteiger partial charge in [-0.05, 0) is 43.0 Å². The molecule has 6 rings (SSSR count). The molecule has 2 heterocycles. The van der Waals surface area contributed by atoms with E-state index in [1.54, 1.807) is 4.90 Å². The van der Waals surface area contributed by atoms with Crippen LogP contribution in [0.1, 0.15) is 43.4 Å². The highest BCUT2D eigenvalue weighted by atomic mass is 16.2. The van der Waals surface area contributed by atoms with Crippen LogP contribution in [0, 0.1) is 12.3 Å². The van der Waals surface area contributed by atoms with Crippen molar-refractivity contribution in [3.8, 4) is 0 Å². The lowest BCUT2D eigenvalue weighted by molar-refractivity contribution is -0.124. The number of fused-ring (bicyclic) bond motifs is 5. The van der Waals surface area contributed by atoms with Gasteiger partial charge in [0.15, 0.2) is 5.78 Å². The molecular formula is C29H26N2O2. The van der Waals surface area contributed by atoms with E-state index in [1.807, 2.05) is 67.6 Å². The first-order valence-electron chi connectivity index (χ1n) is 11.5. The maximum Gasteiger partial charge on any atom is 0.251 e. The van der Waals surface area contributed by atoms with Gasteiger partial charge in [0.05, 0.1) is 5.69 Å². The minimum absolute atomic E-state index is 0.0546. The number of amides is 1. The van der Waals surface area contributed by atoms with Gasteiger partial charge in [-0.1, -0.05) is 67.9 Å². The molecule has 0 saturated carbocycles. The van der Waals surface area contributed by atoms with Gasteiger partial charge in [-0.2, -0.15) is 0 Å². The van der Waals surface area contributed by atoms with Crippen LogP contribution in [-0.2, 0) is 15.0 Å². The predicted octanol–water partition coefficient (Wildman–Crippen LogP) is 6.03. The average molecular weight is 435 g/mol. The van der Waals surface area contributed by atoms with Gasteiger partial charge >= 0.3 is 0 Å². The monoisotopic (exact) mass is 434 g/mol. The number of aryl methyl sites for hydroxylation is 1. The zero-order valence-corrected chi connectivity index (χ0v) is 19.1. The van der Waals surface area contributed by atoms with Crippen LogP contribution >= 0.6 is 0 Å². The molecule has 0 radical (unpaired) electrons. The van der Waals surface area contributed by atoms with Gasteiger partial charge in [-0.3, -0.25) is 14.5 Å². The number of anilines is 3. The summed E-state index contributed by atoms with van der Waals surface area (Å²) in [5.41, 5.74) is 5.56. The molecule has 1 N–H and O–H groups in total. The number of nitrogens with one attached hydrogen (secondary N) is 1. The normalized spacial score (nSPS) is 22.7. The molecule has 1 amide bonds. The molecular weight excluding hydrogens is 408 g/mol. The number of rotatable bonds is 1. The van der Waals surface area contributed by atoms with Crippen LogP contribution in [0.25, 0.3) is 0 Å². The molecule has 1 atom stereocenters. The van der Waals surface area contributed by atoms with E-state index in [2.05, 4.69) is 31.3 Å². The summed E-state index contributed by atoms with van der Waals surface area (Å²) in [6, 6.07) is 23.8. The van der Waals surface area contributed by atoms with E-state index >= 15 is 0 Å². The Hall–Kier alpha value is -3.66. The van der Waals surface area contributed by atoms with Crippen LogP contribution in [0.5, 0.6) is 0 Å². The van der Waals surface area contributed by atoms with Crippen molar-refractivity contribution in [3.63, 3.8) is 0 Å². The van der Waals surface area contributed by atoms with Gasteiger partial charge in [0.2, 0.25) is 0 Å². The Morgan fingerprint density at radius 1 is 0.848 bits per heavy atom. The Bertz CT molecular complexity index is 1370. The second kappa shape index (κ2) is 6.67. The zero-order valence-electron chi connectivity index (χ0n) is 19.1. The number of benzene rings is 3. The van der Waals surface area contributed by atoms with Crippen LogP contribution in [0.15, 0.2) is 84.1 Å². The number of para-hydroxylation sites is 2. The van der Waals surface area contributed by atoms with E-state index in [0.29, 0.717) is 12.0 Å². The summed E-state index contributed by atoms with van der Waals surface area (Å²) >= 11 is 0. The average Bonchev–Trinajstić information content (AvgIpc) is 3.03. The number of allylic oxidation sites excluding steroid dienone is 1. The Balaban J connectivity index is 1.73. The summed E-state index contributed by atoms with van der Waals surface area (Å²) in [6.45, 7) is 6.27. The van der Waals surface area contributed by atoms with Gasteiger partial charge in [0.1, 0.15) is 5.41 Å². The highest BCUT2D eigenvalue weighted by molar-refractivity contribution is 6.23. The minimum Gasteiger partial charge on any atom is -0.358 e. The van der Waals surface area contributed by atoms with Crippen molar-refractivity contribution < 1.29 is 9.59 Å². The molecule has 3 aromatic rings. The number of carbonyl (C=O) groups excluding carboxylic acids is 2. The Morgan fingerprint density at radius 2 is 1.58 bits per heavy atom.